The number of nitrogens with one attached hydrogen (secondary N) is 1. The number of hydrogen-bond acceptors (Lipinski definition) is 6. The topological polar surface area (TPSA) is 68.3 Å². The molecule has 134 valence electrons. The maximum absolute atomic E-state index is 13.7. The Labute approximate surface area is 157 Å². The van der Waals surface area contributed by atoms with Gasteiger partial charge in [0.15, 0.2) is 6.61 Å². The number of anilines is 1. The summed E-state index contributed by atoms with van der Waals surface area (Å²) in [6.45, 7) is 1.27. The van der Waals surface area contributed by atoms with Gasteiger partial charge in [-0.05, 0) is 36.1 Å². The molecule has 0 fully saturated rings. The molecule has 8 heteroatoms. The molecule has 1 aromatic carbocycles. The van der Waals surface area contributed by atoms with Gasteiger partial charge in [-0.15, -0.1) is 11.3 Å². The summed E-state index contributed by atoms with van der Waals surface area (Å²) in [5.41, 5.74) is 2.40. The summed E-state index contributed by atoms with van der Waals surface area (Å²) in [5, 5.41) is 8.94. The molecule has 0 radical (unpaired) electrons. The van der Waals surface area contributed by atoms with Crippen LogP contribution in [-0.2, 0) is 20.7 Å². The average Bonchev–Trinajstić information content (AvgIpc) is 3.27. The van der Waals surface area contributed by atoms with Crippen LogP contribution >= 0.6 is 22.7 Å². The van der Waals surface area contributed by atoms with Crippen molar-refractivity contribution >= 4 is 40.2 Å². The quantitative estimate of drug-likeness (QED) is 0.645. The average molecular weight is 390 g/mol. The predicted octanol–water partition coefficient (Wildman–Crippen LogP) is 4.04. The fourth-order valence-corrected chi connectivity index (χ4v) is 3.69. The Kier molecular flexibility index (Phi) is 5.75. The number of esters is 1. The first-order valence-corrected chi connectivity index (χ1v) is 9.52. The third-order valence-corrected chi connectivity index (χ3v) is 5.03. The molecule has 0 aliphatic carbocycles. The molecule has 0 aliphatic rings. The van der Waals surface area contributed by atoms with E-state index in [1.807, 2.05) is 16.8 Å². The maximum atomic E-state index is 13.7. The van der Waals surface area contributed by atoms with E-state index in [9.17, 15) is 14.0 Å². The first kappa shape index (κ1) is 18.2. The third-order valence-electron chi connectivity index (χ3n) is 3.41. The molecule has 1 amide bonds. The number of carbonyl (C=O) groups excluding carboxylic acids is 2. The fraction of sp³-hybridized carbons (Fsp3) is 0.167. The second-order valence-electron chi connectivity index (χ2n) is 5.52. The summed E-state index contributed by atoms with van der Waals surface area (Å²) in [5.74, 6) is -1.70. The first-order valence-electron chi connectivity index (χ1n) is 7.70. The minimum Gasteiger partial charge on any atom is -0.455 e. The summed E-state index contributed by atoms with van der Waals surface area (Å²) in [7, 11) is 0. The van der Waals surface area contributed by atoms with E-state index in [1.54, 1.807) is 29.7 Å². The van der Waals surface area contributed by atoms with Gasteiger partial charge < -0.3 is 10.1 Å². The van der Waals surface area contributed by atoms with E-state index in [0.717, 1.165) is 16.1 Å². The molecular formula is C18H15FN2O3S2. The molecule has 5 nitrogen and oxygen atoms in total. The van der Waals surface area contributed by atoms with E-state index in [-0.39, 0.29) is 12.1 Å². The lowest BCUT2D eigenvalue weighted by Gasteiger charge is -2.07. The number of carbonyl (C=O) groups is 2. The minimum atomic E-state index is -0.599. The molecule has 1 N–H and O–H groups in total. The Balaban J connectivity index is 1.48. The number of halogens is 1. The van der Waals surface area contributed by atoms with Gasteiger partial charge in [0, 0.05) is 16.3 Å². The number of aryl methyl sites for hydroxylation is 1. The molecule has 2 aromatic heterocycles. The van der Waals surface area contributed by atoms with Crippen LogP contribution in [0.15, 0.2) is 40.4 Å². The second kappa shape index (κ2) is 8.20. The van der Waals surface area contributed by atoms with E-state index >= 15 is 0 Å². The van der Waals surface area contributed by atoms with Crippen LogP contribution in [0.1, 0.15) is 11.3 Å². The van der Waals surface area contributed by atoms with Gasteiger partial charge in [-0.1, -0.05) is 6.07 Å². The summed E-state index contributed by atoms with van der Waals surface area (Å²) in [6.07, 6.45) is -0.0210. The van der Waals surface area contributed by atoms with Gasteiger partial charge in [0.25, 0.3) is 5.91 Å². The van der Waals surface area contributed by atoms with Gasteiger partial charge in [-0.25, -0.2) is 9.37 Å². The molecule has 3 rings (SSSR count). The van der Waals surface area contributed by atoms with Crippen molar-refractivity contribution in [1.29, 1.82) is 0 Å². The van der Waals surface area contributed by atoms with E-state index in [0.29, 0.717) is 5.69 Å². The lowest BCUT2D eigenvalue weighted by Crippen LogP contribution is -2.22. The maximum Gasteiger partial charge on any atom is 0.312 e. The number of thiophene rings is 1. The van der Waals surface area contributed by atoms with Gasteiger partial charge >= 0.3 is 5.97 Å². The van der Waals surface area contributed by atoms with E-state index in [4.69, 9.17) is 4.74 Å². The van der Waals surface area contributed by atoms with Crippen molar-refractivity contribution in [2.24, 2.45) is 0 Å². The van der Waals surface area contributed by atoms with Gasteiger partial charge in [0.05, 0.1) is 17.8 Å². The summed E-state index contributed by atoms with van der Waals surface area (Å²) in [6, 6.07) is 6.42. The van der Waals surface area contributed by atoms with Crippen molar-refractivity contribution in [2.45, 2.75) is 13.3 Å². The number of aromatic nitrogens is 1. The van der Waals surface area contributed by atoms with Crippen LogP contribution in [0.2, 0.25) is 0 Å². The van der Waals surface area contributed by atoms with Gasteiger partial charge in [0.1, 0.15) is 10.8 Å². The first-order chi connectivity index (χ1) is 12.5. The fourth-order valence-electron chi connectivity index (χ4n) is 2.16. The van der Waals surface area contributed by atoms with Crippen molar-refractivity contribution in [3.63, 3.8) is 0 Å². The molecule has 26 heavy (non-hydrogen) atoms. The second-order valence-corrected chi connectivity index (χ2v) is 7.16. The highest BCUT2D eigenvalue weighted by molar-refractivity contribution is 7.14. The Hall–Kier alpha value is -2.58. The van der Waals surface area contributed by atoms with Crippen molar-refractivity contribution < 1.29 is 18.7 Å². The zero-order chi connectivity index (χ0) is 18.5. The van der Waals surface area contributed by atoms with Crippen molar-refractivity contribution in [3.8, 4) is 10.6 Å². The monoisotopic (exact) mass is 390 g/mol. The molecule has 0 spiro atoms. The highest BCUT2D eigenvalue weighted by atomic mass is 32.1. The van der Waals surface area contributed by atoms with Crippen LogP contribution in [0.5, 0.6) is 0 Å². The Morgan fingerprint density at radius 2 is 2.12 bits per heavy atom. The highest BCUT2D eigenvalue weighted by Crippen LogP contribution is 2.25. The lowest BCUT2D eigenvalue weighted by atomic mass is 10.2. The zero-order valence-corrected chi connectivity index (χ0v) is 15.5. The van der Waals surface area contributed by atoms with Gasteiger partial charge in [0.2, 0.25) is 0 Å². The van der Waals surface area contributed by atoms with E-state index in [2.05, 4.69) is 10.3 Å². The molecule has 0 unspecified atom stereocenters. The lowest BCUT2D eigenvalue weighted by molar-refractivity contribution is -0.146. The number of ether oxygens (including phenoxy) is 1. The van der Waals surface area contributed by atoms with Crippen molar-refractivity contribution in [2.75, 3.05) is 11.9 Å². The van der Waals surface area contributed by atoms with E-state index < -0.39 is 24.3 Å². The Morgan fingerprint density at radius 3 is 2.85 bits per heavy atom. The normalized spacial score (nSPS) is 10.5. The molecular weight excluding hydrogens is 375 g/mol. The molecule has 0 aliphatic heterocycles. The Morgan fingerprint density at radius 1 is 1.27 bits per heavy atom. The number of benzene rings is 1. The molecule has 3 aromatic rings. The third kappa shape index (κ3) is 4.74. The largest absolute Gasteiger partial charge is 0.455 e. The van der Waals surface area contributed by atoms with Crippen molar-refractivity contribution in [1.82, 2.24) is 4.98 Å². The van der Waals surface area contributed by atoms with Crippen LogP contribution in [0.3, 0.4) is 0 Å². The van der Waals surface area contributed by atoms with Crippen molar-refractivity contribution in [3.05, 3.63) is 57.5 Å². The standard InChI is InChI=1S/C18H15FN2O3S2/c1-11-2-3-15(14(19)6-11)21-16(22)8-24-17(23)7-13-10-26-18(20-13)12-4-5-25-9-12/h2-6,9-10H,7-8H2,1H3,(H,21,22). The van der Waals surface area contributed by atoms with Crippen LogP contribution in [0.25, 0.3) is 10.6 Å². The van der Waals surface area contributed by atoms with Crippen LogP contribution < -0.4 is 5.32 Å². The number of rotatable bonds is 6. The number of thiazole rings is 1. The predicted molar refractivity (Wildman–Crippen MR) is 99.9 cm³/mol. The Bertz CT molecular complexity index is 922. The van der Waals surface area contributed by atoms with Gasteiger partial charge in [-0.3, -0.25) is 9.59 Å². The van der Waals surface area contributed by atoms with Crippen LogP contribution in [0.4, 0.5) is 10.1 Å². The highest BCUT2D eigenvalue weighted by Gasteiger charge is 2.13. The molecule has 0 bridgehead atoms. The van der Waals surface area contributed by atoms with Crippen LogP contribution in [-0.4, -0.2) is 23.5 Å². The van der Waals surface area contributed by atoms with Crippen LogP contribution in [0, 0.1) is 12.7 Å². The van der Waals surface area contributed by atoms with Gasteiger partial charge in [-0.2, -0.15) is 11.3 Å². The number of amides is 1. The smallest absolute Gasteiger partial charge is 0.312 e. The molecule has 0 atom stereocenters. The van der Waals surface area contributed by atoms with E-state index in [1.165, 1.54) is 23.5 Å². The molecule has 0 saturated carbocycles. The number of nitrogens with zero attached hydrogens (tertiary/aromatic N) is 1. The summed E-state index contributed by atoms with van der Waals surface area (Å²) < 4.78 is 18.6. The summed E-state index contributed by atoms with van der Waals surface area (Å²) >= 11 is 3.02. The number of hydrogen-bond donors (Lipinski definition) is 1. The SMILES string of the molecule is Cc1ccc(NC(=O)COC(=O)Cc2csc(-c3ccsc3)n2)c(F)c1. The molecule has 0 saturated heterocycles. The zero-order valence-electron chi connectivity index (χ0n) is 13.8. The molecule has 2 heterocycles. The summed E-state index contributed by atoms with van der Waals surface area (Å²) in [4.78, 5) is 28.0. The minimum absolute atomic E-state index is 0.0210.